The summed E-state index contributed by atoms with van der Waals surface area (Å²) in [7, 11) is 0. The molecule has 1 aliphatic carbocycles. The van der Waals surface area contributed by atoms with Crippen LogP contribution in [0.15, 0.2) is 23.8 Å². The van der Waals surface area contributed by atoms with Crippen LogP contribution < -0.4 is 0 Å². The van der Waals surface area contributed by atoms with Crippen LogP contribution in [0.1, 0.15) is 20.3 Å². The number of allylic oxidation sites excluding steroid dienone is 4. The molecule has 0 amide bonds. The molecular weight excluding hydrogens is 96.1 g/mol. The van der Waals surface area contributed by atoms with Crippen molar-refractivity contribution in [3.8, 4) is 0 Å². The molecule has 0 aromatic heterocycles. The van der Waals surface area contributed by atoms with Crippen molar-refractivity contribution < 1.29 is 0 Å². The second kappa shape index (κ2) is 2.17. The first kappa shape index (κ1) is 5.61. The van der Waals surface area contributed by atoms with Gasteiger partial charge in [-0.25, -0.2) is 0 Å². The molecule has 0 nitrogen and oxygen atoms in total. The Morgan fingerprint density at radius 3 is 2.50 bits per heavy atom. The Balaban J connectivity index is 2.58. The van der Waals surface area contributed by atoms with Crippen LogP contribution in [0, 0.1) is 5.92 Å². The van der Waals surface area contributed by atoms with Crippen molar-refractivity contribution in [3.05, 3.63) is 23.8 Å². The average Bonchev–Trinajstić information content (AvgIpc) is 2.12. The highest BCUT2D eigenvalue weighted by Crippen LogP contribution is 2.16. The van der Waals surface area contributed by atoms with Gasteiger partial charge in [-0.1, -0.05) is 32.1 Å². The molecule has 0 spiro atoms. The predicted octanol–water partition coefficient (Wildman–Crippen LogP) is 2.53. The summed E-state index contributed by atoms with van der Waals surface area (Å²) in [5.74, 6) is 0.716. The van der Waals surface area contributed by atoms with Crippen LogP contribution in [-0.4, -0.2) is 0 Å². The topological polar surface area (TPSA) is 0 Å². The first-order valence-corrected chi connectivity index (χ1v) is 3.17. The Kier molecular flexibility index (Phi) is 1.52. The van der Waals surface area contributed by atoms with E-state index in [1.807, 2.05) is 0 Å². The Bertz CT molecular complexity index is 127. The van der Waals surface area contributed by atoms with Gasteiger partial charge in [-0.15, -0.1) is 0 Å². The maximum absolute atomic E-state index is 2.28. The molecule has 0 aromatic rings. The summed E-state index contributed by atoms with van der Waals surface area (Å²) in [5.41, 5.74) is 1.49. The van der Waals surface area contributed by atoms with Crippen LogP contribution in [0.3, 0.4) is 0 Å². The van der Waals surface area contributed by atoms with Crippen molar-refractivity contribution >= 4 is 0 Å². The molecule has 1 aliphatic rings. The van der Waals surface area contributed by atoms with E-state index in [2.05, 4.69) is 32.1 Å². The van der Waals surface area contributed by atoms with Crippen molar-refractivity contribution in [1.82, 2.24) is 0 Å². The summed E-state index contributed by atoms with van der Waals surface area (Å²) in [4.78, 5) is 0. The van der Waals surface area contributed by atoms with E-state index in [0.29, 0.717) is 5.92 Å². The highest BCUT2D eigenvalue weighted by atomic mass is 14.1. The standard InChI is InChI=1S/C8H12/c1-7(2)8-5-3-4-6-8/h3,5-7H,4H2,1-2H3. The fraction of sp³-hybridized carbons (Fsp3) is 0.500. The zero-order valence-corrected chi connectivity index (χ0v) is 5.52. The molecule has 0 bridgehead atoms. The Labute approximate surface area is 50.9 Å². The molecule has 0 radical (unpaired) electrons. The minimum Gasteiger partial charge on any atom is -0.0805 e. The first-order valence-electron chi connectivity index (χ1n) is 3.17. The fourth-order valence-corrected chi connectivity index (χ4v) is 0.904. The van der Waals surface area contributed by atoms with Gasteiger partial charge in [0.25, 0.3) is 0 Å². The van der Waals surface area contributed by atoms with Crippen molar-refractivity contribution in [3.63, 3.8) is 0 Å². The van der Waals surface area contributed by atoms with Gasteiger partial charge in [0.15, 0.2) is 0 Å². The van der Waals surface area contributed by atoms with Crippen molar-refractivity contribution in [2.75, 3.05) is 0 Å². The van der Waals surface area contributed by atoms with Crippen LogP contribution in [-0.2, 0) is 0 Å². The highest BCUT2D eigenvalue weighted by molar-refractivity contribution is 5.27. The lowest BCUT2D eigenvalue weighted by atomic mass is 10.1. The van der Waals surface area contributed by atoms with Gasteiger partial charge < -0.3 is 0 Å². The van der Waals surface area contributed by atoms with E-state index in [4.69, 9.17) is 0 Å². The van der Waals surface area contributed by atoms with E-state index >= 15 is 0 Å². The van der Waals surface area contributed by atoms with Gasteiger partial charge in [-0.05, 0) is 17.9 Å². The molecule has 0 fully saturated rings. The quantitative estimate of drug-likeness (QED) is 0.484. The molecule has 0 unspecified atom stereocenters. The average molecular weight is 108 g/mol. The molecule has 0 saturated heterocycles. The van der Waals surface area contributed by atoms with Crippen LogP contribution in [0.2, 0.25) is 0 Å². The Hall–Kier alpha value is -0.520. The summed E-state index contributed by atoms with van der Waals surface area (Å²) in [6.07, 6.45) is 7.85. The van der Waals surface area contributed by atoms with Gasteiger partial charge in [0, 0.05) is 0 Å². The molecule has 0 heteroatoms. The van der Waals surface area contributed by atoms with Crippen LogP contribution in [0.25, 0.3) is 0 Å². The van der Waals surface area contributed by atoms with Gasteiger partial charge in [-0.3, -0.25) is 0 Å². The maximum Gasteiger partial charge on any atom is -0.0160 e. The van der Waals surface area contributed by atoms with E-state index in [1.165, 1.54) is 5.57 Å². The minimum atomic E-state index is 0.716. The van der Waals surface area contributed by atoms with Gasteiger partial charge in [0.2, 0.25) is 0 Å². The smallest absolute Gasteiger partial charge is 0.0160 e. The molecule has 0 heterocycles. The molecule has 8 heavy (non-hydrogen) atoms. The van der Waals surface area contributed by atoms with Crippen molar-refractivity contribution in [2.24, 2.45) is 5.92 Å². The molecule has 0 N–H and O–H groups in total. The normalized spacial score (nSPS) is 17.6. The lowest BCUT2D eigenvalue weighted by molar-refractivity contribution is 0.793. The SMILES string of the molecule is CC(C)C1=CCC=C1. The summed E-state index contributed by atoms with van der Waals surface area (Å²) in [6, 6.07) is 0. The van der Waals surface area contributed by atoms with Gasteiger partial charge >= 0.3 is 0 Å². The second-order valence-corrected chi connectivity index (χ2v) is 2.50. The number of rotatable bonds is 1. The second-order valence-electron chi connectivity index (χ2n) is 2.50. The van der Waals surface area contributed by atoms with E-state index in [9.17, 15) is 0 Å². The molecule has 44 valence electrons. The largest absolute Gasteiger partial charge is 0.0805 e. The monoisotopic (exact) mass is 108 g/mol. The molecule has 0 atom stereocenters. The molecular formula is C8H12. The van der Waals surface area contributed by atoms with Crippen LogP contribution >= 0.6 is 0 Å². The minimum absolute atomic E-state index is 0.716. The third-order valence-electron chi connectivity index (χ3n) is 1.47. The lowest BCUT2D eigenvalue weighted by Gasteiger charge is -1.99. The van der Waals surface area contributed by atoms with E-state index in [1.54, 1.807) is 0 Å². The summed E-state index contributed by atoms with van der Waals surface area (Å²) in [5, 5.41) is 0. The molecule has 1 rings (SSSR count). The first-order chi connectivity index (χ1) is 3.80. The summed E-state index contributed by atoms with van der Waals surface area (Å²) >= 11 is 0. The van der Waals surface area contributed by atoms with E-state index < -0.39 is 0 Å². The zero-order chi connectivity index (χ0) is 5.98. The van der Waals surface area contributed by atoms with E-state index in [0.717, 1.165) is 6.42 Å². The van der Waals surface area contributed by atoms with Gasteiger partial charge in [0.1, 0.15) is 0 Å². The number of hydrogen-bond donors (Lipinski definition) is 0. The van der Waals surface area contributed by atoms with E-state index in [-0.39, 0.29) is 0 Å². The number of hydrogen-bond acceptors (Lipinski definition) is 0. The van der Waals surface area contributed by atoms with Crippen LogP contribution in [0.4, 0.5) is 0 Å². The molecule has 0 aliphatic heterocycles. The van der Waals surface area contributed by atoms with Crippen LogP contribution in [0.5, 0.6) is 0 Å². The summed E-state index contributed by atoms with van der Waals surface area (Å²) in [6.45, 7) is 4.45. The zero-order valence-electron chi connectivity index (χ0n) is 5.52. The Morgan fingerprint density at radius 1 is 1.50 bits per heavy atom. The van der Waals surface area contributed by atoms with Gasteiger partial charge in [0.05, 0.1) is 0 Å². The maximum atomic E-state index is 2.28. The molecule has 0 saturated carbocycles. The van der Waals surface area contributed by atoms with Crippen molar-refractivity contribution in [2.45, 2.75) is 20.3 Å². The third kappa shape index (κ3) is 1.00. The fourth-order valence-electron chi connectivity index (χ4n) is 0.904. The third-order valence-corrected chi connectivity index (χ3v) is 1.47. The predicted molar refractivity (Wildman–Crippen MR) is 36.7 cm³/mol. The lowest BCUT2D eigenvalue weighted by Crippen LogP contribution is -1.85. The molecule has 0 aromatic carbocycles. The van der Waals surface area contributed by atoms with Crippen molar-refractivity contribution in [1.29, 1.82) is 0 Å². The highest BCUT2D eigenvalue weighted by Gasteiger charge is 2.00. The Morgan fingerprint density at radius 2 is 2.25 bits per heavy atom. The summed E-state index contributed by atoms with van der Waals surface area (Å²) < 4.78 is 0. The van der Waals surface area contributed by atoms with Gasteiger partial charge in [-0.2, -0.15) is 0 Å².